The number of carbonyl (C=O) groups is 4. The number of carboxylic acids is 1. The van der Waals surface area contributed by atoms with Crippen LogP contribution in [0.25, 0.3) is 11.8 Å². The molecule has 0 radical (unpaired) electrons. The zero-order chi connectivity index (χ0) is 23.5. The fourth-order valence-corrected chi connectivity index (χ4v) is 4.18. The number of aromatic carboxylic acids is 1. The van der Waals surface area contributed by atoms with Crippen LogP contribution in [-0.2, 0) is 9.59 Å². The lowest BCUT2D eigenvalue weighted by Gasteiger charge is -2.13. The molecule has 166 valence electrons. The molecule has 0 atom stereocenters. The molecule has 0 saturated carbocycles. The van der Waals surface area contributed by atoms with Crippen LogP contribution in [-0.4, -0.2) is 44.1 Å². The van der Waals surface area contributed by atoms with Crippen LogP contribution in [0.4, 0.5) is 10.5 Å². The number of anilines is 1. The third kappa shape index (κ3) is 4.84. The van der Waals surface area contributed by atoms with Gasteiger partial charge in [-0.1, -0.05) is 23.7 Å². The van der Waals surface area contributed by atoms with E-state index in [2.05, 4.69) is 5.32 Å². The fraction of sp³-hybridized carbons (Fsp3) is 0.0435. The standard InChI is InChI=1S/C23H16ClN3O5S/c24-17-5-1-2-6-18(17)25-20(28)13-27-21(29)19(33-23(27)32)12-16-4-3-11-26(16)15-9-7-14(8-10-15)22(30)31/h1-12H,13H2,(H,25,28)(H,30,31)/b19-12+. The van der Waals surface area contributed by atoms with Crippen LogP contribution in [0, 0.1) is 0 Å². The summed E-state index contributed by atoms with van der Waals surface area (Å²) in [5, 5.41) is 11.4. The first-order valence-electron chi connectivity index (χ1n) is 9.64. The smallest absolute Gasteiger partial charge is 0.335 e. The van der Waals surface area contributed by atoms with E-state index in [0.717, 1.165) is 16.7 Å². The molecule has 2 aromatic carbocycles. The Kier molecular flexibility index (Phi) is 6.34. The van der Waals surface area contributed by atoms with E-state index in [1.54, 1.807) is 65.4 Å². The maximum absolute atomic E-state index is 12.8. The number of carbonyl (C=O) groups excluding carboxylic acids is 3. The molecule has 0 aliphatic carbocycles. The Labute approximate surface area is 197 Å². The van der Waals surface area contributed by atoms with Crippen LogP contribution in [0.3, 0.4) is 0 Å². The first kappa shape index (κ1) is 22.4. The topological polar surface area (TPSA) is 109 Å². The summed E-state index contributed by atoms with van der Waals surface area (Å²) >= 11 is 6.77. The van der Waals surface area contributed by atoms with Gasteiger partial charge in [-0.05, 0) is 66.4 Å². The van der Waals surface area contributed by atoms with Crippen molar-refractivity contribution in [2.24, 2.45) is 0 Å². The summed E-state index contributed by atoms with van der Waals surface area (Å²) in [6.07, 6.45) is 3.31. The zero-order valence-corrected chi connectivity index (χ0v) is 18.5. The lowest BCUT2D eigenvalue weighted by molar-refractivity contribution is -0.127. The van der Waals surface area contributed by atoms with Crippen LogP contribution >= 0.6 is 23.4 Å². The molecular formula is C23H16ClN3O5S. The van der Waals surface area contributed by atoms with Crippen molar-refractivity contribution < 1.29 is 24.3 Å². The molecule has 1 aromatic heterocycles. The average Bonchev–Trinajstić information content (AvgIpc) is 3.35. The summed E-state index contributed by atoms with van der Waals surface area (Å²) in [5.74, 6) is -2.15. The lowest BCUT2D eigenvalue weighted by atomic mass is 10.2. The number of rotatable bonds is 6. The lowest BCUT2D eigenvalue weighted by Crippen LogP contribution is -2.36. The fourth-order valence-electron chi connectivity index (χ4n) is 3.18. The van der Waals surface area contributed by atoms with E-state index >= 15 is 0 Å². The molecule has 33 heavy (non-hydrogen) atoms. The highest BCUT2D eigenvalue weighted by Gasteiger charge is 2.36. The molecule has 3 aromatic rings. The molecule has 0 bridgehead atoms. The minimum absolute atomic E-state index is 0.156. The quantitative estimate of drug-likeness (QED) is 0.502. The van der Waals surface area contributed by atoms with E-state index in [-0.39, 0.29) is 10.5 Å². The van der Waals surface area contributed by atoms with E-state index < -0.39 is 29.6 Å². The van der Waals surface area contributed by atoms with Crippen LogP contribution in [0.2, 0.25) is 5.02 Å². The summed E-state index contributed by atoms with van der Waals surface area (Å²) in [7, 11) is 0. The van der Waals surface area contributed by atoms with Gasteiger partial charge in [0.1, 0.15) is 6.54 Å². The van der Waals surface area contributed by atoms with Gasteiger partial charge in [0.05, 0.1) is 21.2 Å². The van der Waals surface area contributed by atoms with Gasteiger partial charge in [0.2, 0.25) is 5.91 Å². The van der Waals surface area contributed by atoms with Gasteiger partial charge in [-0.15, -0.1) is 0 Å². The van der Waals surface area contributed by atoms with Gasteiger partial charge in [0.25, 0.3) is 11.1 Å². The maximum Gasteiger partial charge on any atom is 0.335 e. The van der Waals surface area contributed by atoms with Gasteiger partial charge in [0, 0.05) is 17.6 Å². The molecule has 2 heterocycles. The van der Waals surface area contributed by atoms with Gasteiger partial charge in [-0.25, -0.2) is 4.79 Å². The molecule has 0 unspecified atom stereocenters. The van der Waals surface area contributed by atoms with Crippen molar-refractivity contribution >= 4 is 58.1 Å². The number of nitrogens with one attached hydrogen (secondary N) is 1. The average molecular weight is 482 g/mol. The Morgan fingerprint density at radius 1 is 1.03 bits per heavy atom. The first-order valence-corrected chi connectivity index (χ1v) is 10.8. The van der Waals surface area contributed by atoms with Crippen molar-refractivity contribution in [2.45, 2.75) is 0 Å². The third-order valence-electron chi connectivity index (χ3n) is 4.77. The second-order valence-electron chi connectivity index (χ2n) is 6.95. The summed E-state index contributed by atoms with van der Waals surface area (Å²) < 4.78 is 1.75. The highest BCUT2D eigenvalue weighted by molar-refractivity contribution is 8.18. The van der Waals surface area contributed by atoms with Crippen molar-refractivity contribution in [2.75, 3.05) is 11.9 Å². The van der Waals surface area contributed by atoms with Gasteiger partial charge < -0.3 is 15.0 Å². The Balaban J connectivity index is 1.51. The Morgan fingerprint density at radius 3 is 2.45 bits per heavy atom. The van der Waals surface area contributed by atoms with Gasteiger partial charge in [-0.2, -0.15) is 0 Å². The molecule has 4 rings (SSSR count). The first-order chi connectivity index (χ1) is 15.8. The Bertz CT molecular complexity index is 1300. The van der Waals surface area contributed by atoms with Crippen LogP contribution in [0.15, 0.2) is 71.8 Å². The SMILES string of the molecule is O=C(CN1C(=O)S/C(=C/c2cccn2-c2ccc(C(=O)O)cc2)C1=O)Nc1ccccc1Cl. The molecule has 1 saturated heterocycles. The second kappa shape index (κ2) is 9.35. The molecular weight excluding hydrogens is 466 g/mol. The van der Waals surface area contributed by atoms with Crippen molar-refractivity contribution in [3.05, 3.63) is 88.0 Å². The number of hydrogen-bond donors (Lipinski definition) is 2. The zero-order valence-electron chi connectivity index (χ0n) is 16.9. The molecule has 8 nitrogen and oxygen atoms in total. The number of halogens is 1. The Morgan fingerprint density at radius 2 is 1.76 bits per heavy atom. The number of thioether (sulfide) groups is 1. The summed E-state index contributed by atoms with van der Waals surface area (Å²) in [5.41, 5.74) is 1.85. The van der Waals surface area contributed by atoms with E-state index in [9.17, 15) is 19.2 Å². The van der Waals surface area contributed by atoms with E-state index in [4.69, 9.17) is 16.7 Å². The number of amides is 3. The number of aromatic nitrogens is 1. The maximum atomic E-state index is 12.8. The van der Waals surface area contributed by atoms with Crippen molar-refractivity contribution in [3.8, 4) is 5.69 Å². The number of imide groups is 1. The predicted molar refractivity (Wildman–Crippen MR) is 125 cm³/mol. The number of nitrogens with zero attached hydrogens (tertiary/aromatic N) is 2. The normalized spacial score (nSPS) is 14.7. The highest BCUT2D eigenvalue weighted by atomic mass is 35.5. The van der Waals surface area contributed by atoms with Crippen molar-refractivity contribution in [1.29, 1.82) is 0 Å². The van der Waals surface area contributed by atoms with E-state index in [1.165, 1.54) is 12.1 Å². The summed E-state index contributed by atoms with van der Waals surface area (Å²) in [6.45, 7) is -0.440. The van der Waals surface area contributed by atoms with Gasteiger partial charge in [-0.3, -0.25) is 19.3 Å². The Hall–Kier alpha value is -3.82. The minimum atomic E-state index is -1.03. The number of benzene rings is 2. The van der Waals surface area contributed by atoms with Crippen LogP contribution in [0.5, 0.6) is 0 Å². The van der Waals surface area contributed by atoms with E-state index in [1.807, 2.05) is 0 Å². The number of hydrogen-bond acceptors (Lipinski definition) is 5. The second-order valence-corrected chi connectivity index (χ2v) is 8.35. The van der Waals surface area contributed by atoms with Gasteiger partial charge >= 0.3 is 5.97 Å². The molecule has 1 aliphatic rings. The molecule has 0 spiro atoms. The predicted octanol–water partition coefficient (Wildman–Crippen LogP) is 4.50. The monoisotopic (exact) mass is 481 g/mol. The molecule has 10 heteroatoms. The molecule has 3 amide bonds. The summed E-state index contributed by atoms with van der Waals surface area (Å²) in [4.78, 5) is 49.7. The van der Waals surface area contributed by atoms with Crippen molar-refractivity contribution in [3.63, 3.8) is 0 Å². The minimum Gasteiger partial charge on any atom is -0.478 e. The van der Waals surface area contributed by atoms with Gasteiger partial charge in [0.15, 0.2) is 0 Å². The van der Waals surface area contributed by atoms with E-state index in [0.29, 0.717) is 22.1 Å². The van der Waals surface area contributed by atoms with Crippen LogP contribution in [0.1, 0.15) is 16.1 Å². The largest absolute Gasteiger partial charge is 0.478 e. The molecule has 1 aliphatic heterocycles. The number of carboxylic acid groups (broad SMARTS) is 1. The number of para-hydroxylation sites is 1. The highest BCUT2D eigenvalue weighted by Crippen LogP contribution is 2.32. The van der Waals surface area contributed by atoms with Crippen molar-refractivity contribution in [1.82, 2.24) is 9.47 Å². The van der Waals surface area contributed by atoms with Crippen LogP contribution < -0.4 is 5.32 Å². The third-order valence-corrected chi connectivity index (χ3v) is 6.01. The molecule has 2 N–H and O–H groups in total. The molecule has 1 fully saturated rings. The summed E-state index contributed by atoms with van der Waals surface area (Å²) in [6, 6.07) is 16.4.